The largest absolute Gasteiger partial charge is 0.491 e. The van der Waals surface area contributed by atoms with Crippen molar-refractivity contribution in [3.63, 3.8) is 0 Å². The Morgan fingerprint density at radius 2 is 1.56 bits per heavy atom. The van der Waals surface area contributed by atoms with Crippen molar-refractivity contribution in [2.75, 3.05) is 11.9 Å². The molecule has 2 aromatic rings. The average Bonchev–Trinajstić information content (AvgIpc) is 2.61. The number of hydrogen-bond donors (Lipinski definition) is 2. The molecular formula is C20H26N2O4S. The first-order valence-electron chi connectivity index (χ1n) is 8.83. The Balaban J connectivity index is 1.92. The molecule has 1 amide bonds. The van der Waals surface area contributed by atoms with Gasteiger partial charge in [0.05, 0.1) is 17.5 Å². The van der Waals surface area contributed by atoms with Crippen LogP contribution in [-0.4, -0.2) is 27.0 Å². The summed E-state index contributed by atoms with van der Waals surface area (Å²) >= 11 is 0. The molecule has 6 nitrogen and oxygen atoms in total. The van der Waals surface area contributed by atoms with Gasteiger partial charge in [0, 0.05) is 5.69 Å². The van der Waals surface area contributed by atoms with Crippen molar-refractivity contribution in [3.05, 3.63) is 54.1 Å². The number of ether oxygens (including phenoxy) is 1. The number of nitrogens with one attached hydrogen (secondary N) is 2. The van der Waals surface area contributed by atoms with Gasteiger partial charge in [-0.05, 0) is 61.7 Å². The van der Waals surface area contributed by atoms with Crippen LogP contribution in [0.15, 0.2) is 53.4 Å². The van der Waals surface area contributed by atoms with Gasteiger partial charge in [-0.3, -0.25) is 4.79 Å². The van der Waals surface area contributed by atoms with E-state index in [-0.39, 0.29) is 17.5 Å². The lowest BCUT2D eigenvalue weighted by Gasteiger charge is -2.11. The van der Waals surface area contributed by atoms with E-state index < -0.39 is 15.9 Å². The molecule has 0 atom stereocenters. The molecule has 0 aliphatic heterocycles. The first-order valence-corrected chi connectivity index (χ1v) is 10.3. The molecular weight excluding hydrogens is 364 g/mol. The zero-order valence-corrected chi connectivity index (χ0v) is 16.8. The van der Waals surface area contributed by atoms with Crippen LogP contribution in [0.2, 0.25) is 0 Å². The van der Waals surface area contributed by atoms with E-state index in [1.54, 1.807) is 48.5 Å². The van der Waals surface area contributed by atoms with E-state index in [9.17, 15) is 13.2 Å². The Morgan fingerprint density at radius 1 is 0.963 bits per heavy atom. The summed E-state index contributed by atoms with van der Waals surface area (Å²) in [6.45, 7) is 7.58. The molecule has 0 saturated carbocycles. The summed E-state index contributed by atoms with van der Waals surface area (Å²) in [4.78, 5) is 12.2. The monoisotopic (exact) mass is 390 g/mol. The highest BCUT2D eigenvalue weighted by atomic mass is 32.2. The van der Waals surface area contributed by atoms with Gasteiger partial charge >= 0.3 is 0 Å². The maximum atomic E-state index is 12.3. The minimum Gasteiger partial charge on any atom is -0.491 e. The summed E-state index contributed by atoms with van der Waals surface area (Å²) in [5.41, 5.74) is 1.62. The highest BCUT2D eigenvalue weighted by Gasteiger charge is 2.16. The molecule has 2 rings (SSSR count). The van der Waals surface area contributed by atoms with Crippen molar-refractivity contribution in [2.45, 2.75) is 44.6 Å². The van der Waals surface area contributed by atoms with Gasteiger partial charge in [-0.1, -0.05) is 26.0 Å². The Morgan fingerprint density at radius 3 is 2.07 bits per heavy atom. The molecule has 27 heavy (non-hydrogen) atoms. The maximum absolute atomic E-state index is 12.3. The van der Waals surface area contributed by atoms with Crippen LogP contribution < -0.4 is 14.8 Å². The predicted octanol–water partition coefficient (Wildman–Crippen LogP) is 3.51. The highest BCUT2D eigenvalue weighted by molar-refractivity contribution is 7.89. The molecule has 0 unspecified atom stereocenters. The first kappa shape index (κ1) is 20.9. The number of benzene rings is 2. The molecule has 7 heteroatoms. The summed E-state index contributed by atoms with van der Waals surface area (Å²) in [6, 6.07) is 13.5. The molecule has 0 bridgehead atoms. The van der Waals surface area contributed by atoms with Crippen molar-refractivity contribution in [1.82, 2.24) is 4.72 Å². The predicted molar refractivity (Wildman–Crippen MR) is 107 cm³/mol. The van der Waals surface area contributed by atoms with Gasteiger partial charge in [0.15, 0.2) is 0 Å². The van der Waals surface area contributed by atoms with E-state index in [4.69, 9.17) is 4.74 Å². The Bertz CT molecular complexity index is 858. The van der Waals surface area contributed by atoms with Crippen LogP contribution >= 0.6 is 0 Å². The topological polar surface area (TPSA) is 84.5 Å². The molecule has 2 N–H and O–H groups in total. The van der Waals surface area contributed by atoms with E-state index >= 15 is 0 Å². The fourth-order valence-electron chi connectivity index (χ4n) is 2.37. The maximum Gasteiger partial charge on any atom is 0.241 e. The van der Waals surface area contributed by atoms with Crippen LogP contribution in [0, 0.1) is 0 Å². The number of hydrogen-bond acceptors (Lipinski definition) is 4. The molecule has 0 heterocycles. The van der Waals surface area contributed by atoms with Crippen LogP contribution in [0.3, 0.4) is 0 Å². The summed E-state index contributed by atoms with van der Waals surface area (Å²) in [6.07, 6.45) is 0.0643. The molecule has 0 aliphatic rings. The van der Waals surface area contributed by atoms with E-state index in [0.717, 1.165) is 5.56 Å². The lowest BCUT2D eigenvalue weighted by atomic mass is 10.0. The lowest BCUT2D eigenvalue weighted by molar-refractivity contribution is -0.115. The molecule has 0 aromatic heterocycles. The number of anilines is 1. The van der Waals surface area contributed by atoms with Crippen LogP contribution in [-0.2, 0) is 14.8 Å². The number of rotatable bonds is 8. The minimum atomic E-state index is -3.74. The Hall–Kier alpha value is -2.38. The SMILES string of the molecule is CC(C)Oc1ccc(NC(=O)CNS(=O)(=O)c2ccc(C(C)C)cc2)cc1. The fraction of sp³-hybridized carbons (Fsp3) is 0.350. The standard InChI is InChI=1S/C20H26N2O4S/c1-14(2)16-5-11-19(12-6-16)27(24,25)21-13-20(23)22-17-7-9-18(10-8-17)26-15(3)4/h5-12,14-15,21H,13H2,1-4H3,(H,22,23). The van der Waals surface area contributed by atoms with Gasteiger partial charge in [0.1, 0.15) is 5.75 Å². The van der Waals surface area contributed by atoms with Crippen molar-refractivity contribution in [1.29, 1.82) is 0 Å². The lowest BCUT2D eigenvalue weighted by Crippen LogP contribution is -2.32. The molecule has 0 saturated heterocycles. The molecule has 0 radical (unpaired) electrons. The summed E-state index contributed by atoms with van der Waals surface area (Å²) in [7, 11) is -3.74. The molecule has 2 aromatic carbocycles. The van der Waals surface area contributed by atoms with Crippen LogP contribution in [0.1, 0.15) is 39.2 Å². The van der Waals surface area contributed by atoms with E-state index in [1.807, 2.05) is 27.7 Å². The fourth-order valence-corrected chi connectivity index (χ4v) is 3.35. The summed E-state index contributed by atoms with van der Waals surface area (Å²) < 4.78 is 32.5. The second-order valence-corrected chi connectivity index (χ2v) is 8.55. The van der Waals surface area contributed by atoms with E-state index in [1.165, 1.54) is 0 Å². The highest BCUT2D eigenvalue weighted by Crippen LogP contribution is 2.18. The third-order valence-electron chi connectivity index (χ3n) is 3.79. The zero-order valence-electron chi connectivity index (χ0n) is 16.0. The van der Waals surface area contributed by atoms with Crippen LogP contribution in [0.5, 0.6) is 5.75 Å². The average molecular weight is 391 g/mol. The number of carbonyl (C=O) groups excluding carboxylic acids is 1. The molecule has 0 spiro atoms. The van der Waals surface area contributed by atoms with Gasteiger partial charge in [-0.2, -0.15) is 0 Å². The normalized spacial score (nSPS) is 11.6. The summed E-state index contributed by atoms with van der Waals surface area (Å²) in [5.74, 6) is 0.571. The second-order valence-electron chi connectivity index (χ2n) is 6.79. The zero-order chi connectivity index (χ0) is 20.0. The van der Waals surface area contributed by atoms with Gasteiger partial charge in [0.25, 0.3) is 0 Å². The van der Waals surface area contributed by atoms with Crippen molar-refractivity contribution >= 4 is 21.6 Å². The van der Waals surface area contributed by atoms with Crippen LogP contribution in [0.4, 0.5) is 5.69 Å². The minimum absolute atomic E-state index is 0.0643. The third kappa shape index (κ3) is 6.37. The molecule has 0 aliphatic carbocycles. The third-order valence-corrected chi connectivity index (χ3v) is 5.21. The van der Waals surface area contributed by atoms with Crippen molar-refractivity contribution in [2.24, 2.45) is 0 Å². The van der Waals surface area contributed by atoms with Gasteiger partial charge in [-0.15, -0.1) is 0 Å². The van der Waals surface area contributed by atoms with Crippen LogP contribution in [0.25, 0.3) is 0 Å². The van der Waals surface area contributed by atoms with Crippen molar-refractivity contribution in [3.8, 4) is 5.75 Å². The van der Waals surface area contributed by atoms with E-state index in [0.29, 0.717) is 17.4 Å². The van der Waals surface area contributed by atoms with Gasteiger partial charge in [-0.25, -0.2) is 13.1 Å². The number of amides is 1. The molecule has 0 fully saturated rings. The second kappa shape index (κ2) is 9.01. The number of carbonyl (C=O) groups is 1. The van der Waals surface area contributed by atoms with Gasteiger partial charge < -0.3 is 10.1 Å². The quantitative estimate of drug-likeness (QED) is 0.722. The van der Waals surface area contributed by atoms with Gasteiger partial charge in [0.2, 0.25) is 15.9 Å². The summed E-state index contributed by atoms with van der Waals surface area (Å²) in [5, 5.41) is 2.65. The van der Waals surface area contributed by atoms with E-state index in [2.05, 4.69) is 10.0 Å². The smallest absolute Gasteiger partial charge is 0.241 e. The number of sulfonamides is 1. The Labute approximate surface area is 161 Å². The van der Waals surface area contributed by atoms with Crippen molar-refractivity contribution < 1.29 is 17.9 Å². The Kier molecular flexibility index (Phi) is 6.98. The first-order chi connectivity index (χ1) is 12.7. The molecule has 146 valence electrons.